The van der Waals surface area contributed by atoms with E-state index in [4.69, 9.17) is 0 Å². The van der Waals surface area contributed by atoms with Crippen LogP contribution in [-0.2, 0) is 0 Å². The standard InChI is InChI=1S/C9H16N/c1-2-4-9-7-10-6-5-8(9)3-1/h7-10H,1-6H2/t8-,9+/m0/s1. The van der Waals surface area contributed by atoms with Crippen molar-refractivity contribution in [2.75, 3.05) is 6.54 Å². The van der Waals surface area contributed by atoms with Crippen LogP contribution in [0.1, 0.15) is 32.1 Å². The van der Waals surface area contributed by atoms with Crippen molar-refractivity contribution in [1.29, 1.82) is 0 Å². The first-order valence-corrected chi connectivity index (χ1v) is 4.53. The summed E-state index contributed by atoms with van der Waals surface area (Å²) < 4.78 is 0. The van der Waals surface area contributed by atoms with Gasteiger partial charge < -0.3 is 5.32 Å². The minimum atomic E-state index is 0.919. The lowest BCUT2D eigenvalue weighted by Crippen LogP contribution is -2.34. The third-order valence-corrected chi connectivity index (χ3v) is 2.96. The van der Waals surface area contributed by atoms with E-state index < -0.39 is 0 Å². The molecule has 57 valence electrons. The molecule has 1 saturated heterocycles. The van der Waals surface area contributed by atoms with Gasteiger partial charge >= 0.3 is 0 Å². The zero-order chi connectivity index (χ0) is 6.81. The van der Waals surface area contributed by atoms with Gasteiger partial charge in [-0.1, -0.05) is 19.3 Å². The van der Waals surface area contributed by atoms with Crippen molar-refractivity contribution in [3.05, 3.63) is 6.54 Å². The summed E-state index contributed by atoms with van der Waals surface area (Å²) in [6.07, 6.45) is 7.29. The van der Waals surface area contributed by atoms with Gasteiger partial charge in [0.15, 0.2) is 0 Å². The fraction of sp³-hybridized carbons (Fsp3) is 0.889. The van der Waals surface area contributed by atoms with Gasteiger partial charge in [-0.2, -0.15) is 0 Å². The second-order valence-corrected chi connectivity index (χ2v) is 3.62. The first-order chi connectivity index (χ1) is 4.97. The number of piperidine rings is 1. The normalized spacial score (nSPS) is 40.8. The highest BCUT2D eigenvalue weighted by molar-refractivity contribution is 4.88. The highest BCUT2D eigenvalue weighted by Gasteiger charge is 2.27. The van der Waals surface area contributed by atoms with Crippen LogP contribution in [0.25, 0.3) is 0 Å². The third kappa shape index (κ3) is 1.20. The maximum absolute atomic E-state index is 3.36. The molecule has 10 heavy (non-hydrogen) atoms. The highest BCUT2D eigenvalue weighted by Crippen LogP contribution is 2.34. The zero-order valence-electron chi connectivity index (χ0n) is 6.47. The summed E-state index contributed by atoms with van der Waals surface area (Å²) in [5.41, 5.74) is 0. The first kappa shape index (κ1) is 6.66. The van der Waals surface area contributed by atoms with Gasteiger partial charge in [0.05, 0.1) is 0 Å². The van der Waals surface area contributed by atoms with Crippen LogP contribution in [0, 0.1) is 18.4 Å². The molecule has 0 aromatic heterocycles. The van der Waals surface area contributed by atoms with Crippen molar-refractivity contribution < 1.29 is 0 Å². The first-order valence-electron chi connectivity index (χ1n) is 4.53. The summed E-state index contributed by atoms with van der Waals surface area (Å²) in [7, 11) is 0. The molecule has 0 aromatic rings. The summed E-state index contributed by atoms with van der Waals surface area (Å²) in [5.74, 6) is 1.96. The molecule has 1 aliphatic carbocycles. The second-order valence-electron chi connectivity index (χ2n) is 3.62. The summed E-state index contributed by atoms with van der Waals surface area (Å²) in [6.45, 7) is 3.56. The van der Waals surface area contributed by atoms with Gasteiger partial charge in [0, 0.05) is 6.54 Å². The Hall–Kier alpha value is -0.0400. The number of rotatable bonds is 0. The average Bonchev–Trinajstić information content (AvgIpc) is 2.05. The number of hydrogen-bond donors (Lipinski definition) is 1. The molecule has 2 fully saturated rings. The van der Waals surface area contributed by atoms with Crippen molar-refractivity contribution in [2.24, 2.45) is 11.8 Å². The Morgan fingerprint density at radius 1 is 1.10 bits per heavy atom. The van der Waals surface area contributed by atoms with Gasteiger partial charge in [0.25, 0.3) is 0 Å². The SMILES string of the molecule is [CH]1NCC[C@@H]2CCCC[C@H]12. The van der Waals surface area contributed by atoms with Crippen molar-refractivity contribution in [2.45, 2.75) is 32.1 Å². The van der Waals surface area contributed by atoms with Crippen LogP contribution < -0.4 is 5.32 Å². The summed E-state index contributed by atoms with van der Waals surface area (Å²) in [6, 6.07) is 0. The molecular weight excluding hydrogens is 122 g/mol. The van der Waals surface area contributed by atoms with E-state index >= 15 is 0 Å². The molecule has 0 bridgehead atoms. The van der Waals surface area contributed by atoms with Crippen LogP contribution in [0.15, 0.2) is 0 Å². The second kappa shape index (κ2) is 2.91. The lowest BCUT2D eigenvalue weighted by molar-refractivity contribution is 0.216. The average molecular weight is 138 g/mol. The maximum atomic E-state index is 3.36. The number of hydrogen-bond acceptors (Lipinski definition) is 1. The van der Waals surface area contributed by atoms with Gasteiger partial charge in [0.1, 0.15) is 0 Å². The molecule has 1 heterocycles. The van der Waals surface area contributed by atoms with Crippen LogP contribution in [0.2, 0.25) is 0 Å². The molecule has 0 amide bonds. The third-order valence-electron chi connectivity index (χ3n) is 2.96. The van der Waals surface area contributed by atoms with E-state index in [1.807, 2.05) is 0 Å². The number of nitrogens with one attached hydrogen (secondary N) is 1. The van der Waals surface area contributed by atoms with Crippen molar-refractivity contribution in [3.63, 3.8) is 0 Å². The Morgan fingerprint density at radius 2 is 2.00 bits per heavy atom. The molecular formula is C9H16N. The van der Waals surface area contributed by atoms with Crippen LogP contribution in [0.3, 0.4) is 0 Å². The van der Waals surface area contributed by atoms with Crippen LogP contribution in [0.4, 0.5) is 0 Å². The van der Waals surface area contributed by atoms with Crippen molar-refractivity contribution >= 4 is 0 Å². The van der Waals surface area contributed by atoms with E-state index in [0.29, 0.717) is 0 Å². The highest BCUT2D eigenvalue weighted by atomic mass is 14.9. The van der Waals surface area contributed by atoms with Crippen LogP contribution >= 0.6 is 0 Å². The predicted octanol–water partition coefficient (Wildman–Crippen LogP) is 1.95. The number of fused-ring (bicyclic) bond motifs is 1. The minimum absolute atomic E-state index is 0.919. The van der Waals surface area contributed by atoms with Gasteiger partial charge in [0.2, 0.25) is 0 Å². The summed E-state index contributed by atoms with van der Waals surface area (Å²) in [5, 5.41) is 3.36. The fourth-order valence-corrected chi connectivity index (χ4v) is 2.32. The molecule has 2 aliphatic rings. The smallest absolute Gasteiger partial charge is 0.0254 e. The molecule has 1 N–H and O–H groups in total. The van der Waals surface area contributed by atoms with Gasteiger partial charge in [-0.25, -0.2) is 0 Å². The molecule has 1 saturated carbocycles. The van der Waals surface area contributed by atoms with E-state index in [9.17, 15) is 0 Å². The van der Waals surface area contributed by atoms with Crippen molar-refractivity contribution in [1.82, 2.24) is 5.32 Å². The largest absolute Gasteiger partial charge is 0.312 e. The van der Waals surface area contributed by atoms with Crippen LogP contribution in [-0.4, -0.2) is 6.54 Å². The minimum Gasteiger partial charge on any atom is -0.312 e. The molecule has 1 heteroatoms. The lowest BCUT2D eigenvalue weighted by atomic mass is 9.76. The molecule has 1 aliphatic heterocycles. The Balaban J connectivity index is 1.93. The zero-order valence-corrected chi connectivity index (χ0v) is 6.47. The molecule has 0 unspecified atom stereocenters. The quantitative estimate of drug-likeness (QED) is 0.539. The van der Waals surface area contributed by atoms with E-state index in [2.05, 4.69) is 11.9 Å². The molecule has 2 rings (SSSR count). The van der Waals surface area contributed by atoms with Gasteiger partial charge in [-0.15, -0.1) is 0 Å². The Kier molecular flexibility index (Phi) is 1.94. The fourth-order valence-electron chi connectivity index (χ4n) is 2.32. The van der Waals surface area contributed by atoms with Crippen LogP contribution in [0.5, 0.6) is 0 Å². The molecule has 1 radical (unpaired) electrons. The van der Waals surface area contributed by atoms with E-state index in [1.165, 1.54) is 38.6 Å². The molecule has 0 aromatic carbocycles. The van der Waals surface area contributed by atoms with E-state index in [-0.39, 0.29) is 0 Å². The Bertz CT molecular complexity index is 85.3. The van der Waals surface area contributed by atoms with Gasteiger partial charge in [-0.3, -0.25) is 0 Å². The van der Waals surface area contributed by atoms with Crippen molar-refractivity contribution in [3.8, 4) is 0 Å². The topological polar surface area (TPSA) is 12.0 Å². The monoisotopic (exact) mass is 138 g/mol. The Labute approximate surface area is 63.2 Å². The maximum Gasteiger partial charge on any atom is 0.0254 e. The molecule has 2 atom stereocenters. The molecule has 0 spiro atoms. The summed E-state index contributed by atoms with van der Waals surface area (Å²) >= 11 is 0. The Morgan fingerprint density at radius 3 is 2.90 bits per heavy atom. The van der Waals surface area contributed by atoms with E-state index in [1.54, 1.807) is 0 Å². The molecule has 1 nitrogen and oxygen atoms in total. The predicted molar refractivity (Wildman–Crippen MR) is 42.4 cm³/mol. The lowest BCUT2D eigenvalue weighted by Gasteiger charge is -2.35. The summed E-state index contributed by atoms with van der Waals surface area (Å²) in [4.78, 5) is 0. The van der Waals surface area contributed by atoms with Gasteiger partial charge in [-0.05, 0) is 31.2 Å². The van der Waals surface area contributed by atoms with E-state index in [0.717, 1.165) is 11.8 Å².